The number of allylic oxidation sites excluding steroid dienone is 1. The molecule has 0 unspecified atom stereocenters. The van der Waals surface area contributed by atoms with Crippen LogP contribution in [0.5, 0.6) is 17.2 Å². The van der Waals surface area contributed by atoms with Gasteiger partial charge in [-0.3, -0.25) is 15.3 Å². The molecule has 10 heteroatoms. The Balaban J connectivity index is 1.71. The first-order chi connectivity index (χ1) is 15.4. The lowest BCUT2D eigenvalue weighted by Gasteiger charge is -2.25. The van der Waals surface area contributed by atoms with Crippen LogP contribution < -0.4 is 20.3 Å². The molecule has 4 N–H and O–H groups in total. The normalized spacial score (nSPS) is 14.1. The van der Waals surface area contributed by atoms with Crippen molar-refractivity contribution in [1.29, 1.82) is 0 Å². The minimum atomic E-state index is -0.834. The molecule has 0 saturated heterocycles. The molecule has 0 radical (unpaired) electrons. The van der Waals surface area contributed by atoms with Gasteiger partial charge in [0.25, 0.3) is 5.91 Å². The Morgan fingerprint density at radius 3 is 2.75 bits per heavy atom. The highest BCUT2D eigenvalue weighted by Gasteiger charge is 2.25. The molecular formula is C22H23FN2O7. The number of amides is 2. The van der Waals surface area contributed by atoms with Gasteiger partial charge in [-0.2, -0.15) is 0 Å². The lowest BCUT2D eigenvalue weighted by molar-refractivity contribution is -0.124. The van der Waals surface area contributed by atoms with Gasteiger partial charge in [-0.15, -0.1) is 0 Å². The predicted molar refractivity (Wildman–Crippen MR) is 111 cm³/mol. The van der Waals surface area contributed by atoms with E-state index < -0.39 is 29.7 Å². The lowest BCUT2D eigenvalue weighted by Crippen LogP contribution is -2.22. The topological polar surface area (TPSA) is 126 Å². The Labute approximate surface area is 183 Å². The van der Waals surface area contributed by atoms with Crippen molar-refractivity contribution in [3.8, 4) is 17.2 Å². The van der Waals surface area contributed by atoms with E-state index in [0.29, 0.717) is 35.6 Å². The molecule has 0 fully saturated rings. The van der Waals surface area contributed by atoms with Gasteiger partial charge < -0.3 is 19.3 Å². The number of benzene rings is 2. The van der Waals surface area contributed by atoms with Crippen molar-refractivity contribution in [3.63, 3.8) is 0 Å². The van der Waals surface area contributed by atoms with Gasteiger partial charge in [0.2, 0.25) is 6.79 Å². The molecule has 0 bridgehead atoms. The minimum absolute atomic E-state index is 0.101. The van der Waals surface area contributed by atoms with Gasteiger partial charge in [0, 0.05) is 17.8 Å². The maximum Gasteiger partial charge on any atom is 0.412 e. The van der Waals surface area contributed by atoms with Crippen molar-refractivity contribution in [2.45, 2.75) is 25.9 Å². The molecule has 32 heavy (non-hydrogen) atoms. The Bertz CT molecular complexity index is 1010. The second-order valence-electron chi connectivity index (χ2n) is 7.16. The average Bonchev–Trinajstić information content (AvgIpc) is 3.24. The van der Waals surface area contributed by atoms with Crippen LogP contribution in [0, 0.1) is 11.7 Å². The molecule has 9 nitrogen and oxygen atoms in total. The van der Waals surface area contributed by atoms with E-state index in [-0.39, 0.29) is 12.7 Å². The molecule has 0 aliphatic carbocycles. The van der Waals surface area contributed by atoms with E-state index in [1.54, 1.807) is 24.3 Å². The molecule has 0 saturated carbocycles. The molecule has 2 amide bonds. The van der Waals surface area contributed by atoms with Gasteiger partial charge in [0.05, 0.1) is 0 Å². The van der Waals surface area contributed by atoms with Crippen molar-refractivity contribution in [2.24, 2.45) is 5.92 Å². The summed E-state index contributed by atoms with van der Waals surface area (Å²) in [6, 6.07) is 8.66. The molecule has 3 rings (SSSR count). The van der Waals surface area contributed by atoms with Gasteiger partial charge in [0.1, 0.15) is 6.10 Å². The van der Waals surface area contributed by atoms with E-state index in [0.717, 1.165) is 6.07 Å². The summed E-state index contributed by atoms with van der Waals surface area (Å²) in [4.78, 5) is 23.6. The van der Waals surface area contributed by atoms with Crippen molar-refractivity contribution in [3.05, 3.63) is 59.9 Å². The summed E-state index contributed by atoms with van der Waals surface area (Å²) >= 11 is 0. The molecule has 2 aromatic rings. The van der Waals surface area contributed by atoms with Crippen molar-refractivity contribution in [1.82, 2.24) is 5.48 Å². The van der Waals surface area contributed by atoms with Gasteiger partial charge in [0.15, 0.2) is 23.1 Å². The van der Waals surface area contributed by atoms with E-state index in [9.17, 15) is 19.1 Å². The summed E-state index contributed by atoms with van der Waals surface area (Å²) < 4.78 is 30.1. The second kappa shape index (κ2) is 10.5. The van der Waals surface area contributed by atoms with Crippen molar-refractivity contribution >= 4 is 17.7 Å². The van der Waals surface area contributed by atoms with E-state index >= 15 is 0 Å². The first kappa shape index (κ1) is 22.9. The first-order valence-electron chi connectivity index (χ1n) is 9.83. The Morgan fingerprint density at radius 1 is 1.22 bits per heavy atom. The largest absolute Gasteiger partial charge is 0.505 e. The standard InChI is InChI=1S/C22H23FN2O7/c1-13(4-2-3-5-20(27)25-29)21(14-6-8-17(26)16(23)10-14)32-22(28)24-15-7-9-18-19(11-15)31-12-30-18/h3,5-11,13,21,26,29H,2,4,12H2,1H3,(H,24,28)(H,25,27)/b5-3+/t13-,21+/m1/s1. The predicted octanol–water partition coefficient (Wildman–Crippen LogP) is 4.03. The summed E-state index contributed by atoms with van der Waals surface area (Å²) in [6.07, 6.45) is 2.07. The fourth-order valence-electron chi connectivity index (χ4n) is 3.19. The van der Waals surface area contributed by atoms with Crippen LogP contribution in [0.4, 0.5) is 14.9 Å². The molecule has 0 aromatic heterocycles. The van der Waals surface area contributed by atoms with Gasteiger partial charge in [-0.25, -0.2) is 14.7 Å². The van der Waals surface area contributed by atoms with E-state index in [2.05, 4.69) is 5.32 Å². The highest BCUT2D eigenvalue weighted by Crippen LogP contribution is 2.35. The summed E-state index contributed by atoms with van der Waals surface area (Å²) in [5, 5.41) is 20.6. The number of fused-ring (bicyclic) bond motifs is 1. The number of phenols is 1. The maximum absolute atomic E-state index is 13.9. The third-order valence-corrected chi connectivity index (χ3v) is 4.84. The number of rotatable bonds is 8. The molecule has 170 valence electrons. The number of phenolic OH excluding ortho intramolecular Hbond substituents is 1. The molecule has 2 atom stereocenters. The molecule has 0 spiro atoms. The molecule has 1 aliphatic rings. The molecule has 1 heterocycles. The highest BCUT2D eigenvalue weighted by atomic mass is 19.1. The quantitative estimate of drug-likeness (QED) is 0.274. The van der Waals surface area contributed by atoms with Crippen LogP contribution in [0.2, 0.25) is 0 Å². The second-order valence-corrected chi connectivity index (χ2v) is 7.16. The fraction of sp³-hybridized carbons (Fsp3) is 0.273. The zero-order chi connectivity index (χ0) is 23.1. The van der Waals surface area contributed by atoms with Crippen molar-refractivity contribution in [2.75, 3.05) is 12.1 Å². The van der Waals surface area contributed by atoms with E-state index in [1.165, 1.54) is 23.7 Å². The summed E-state index contributed by atoms with van der Waals surface area (Å²) in [7, 11) is 0. The Morgan fingerprint density at radius 2 is 2.00 bits per heavy atom. The zero-order valence-corrected chi connectivity index (χ0v) is 17.2. The van der Waals surface area contributed by atoms with Gasteiger partial charge in [-0.05, 0) is 48.6 Å². The van der Waals surface area contributed by atoms with Crippen LogP contribution in [-0.2, 0) is 9.53 Å². The Kier molecular flexibility index (Phi) is 7.50. The van der Waals surface area contributed by atoms with Crippen LogP contribution in [0.15, 0.2) is 48.6 Å². The van der Waals surface area contributed by atoms with Crippen LogP contribution in [-0.4, -0.2) is 29.1 Å². The lowest BCUT2D eigenvalue weighted by atomic mass is 9.93. The number of nitrogens with one attached hydrogen (secondary N) is 2. The third-order valence-electron chi connectivity index (χ3n) is 4.84. The molecular weight excluding hydrogens is 423 g/mol. The van der Waals surface area contributed by atoms with Crippen LogP contribution >= 0.6 is 0 Å². The first-order valence-corrected chi connectivity index (χ1v) is 9.83. The van der Waals surface area contributed by atoms with Crippen molar-refractivity contribution < 1.29 is 38.5 Å². The average molecular weight is 446 g/mol. The number of ether oxygens (including phenoxy) is 3. The van der Waals surface area contributed by atoms with Crippen LogP contribution in [0.3, 0.4) is 0 Å². The maximum atomic E-state index is 13.9. The summed E-state index contributed by atoms with van der Waals surface area (Å²) in [5.74, 6) is -1.22. The Hall–Kier alpha value is -3.79. The number of carbonyl (C=O) groups excluding carboxylic acids is 2. The van der Waals surface area contributed by atoms with Crippen LogP contribution in [0.25, 0.3) is 0 Å². The third kappa shape index (κ3) is 5.88. The molecule has 2 aromatic carbocycles. The van der Waals surface area contributed by atoms with Gasteiger partial charge in [-0.1, -0.05) is 19.1 Å². The van der Waals surface area contributed by atoms with Crippen LogP contribution in [0.1, 0.15) is 31.4 Å². The number of halogens is 1. The number of anilines is 1. The van der Waals surface area contributed by atoms with E-state index in [4.69, 9.17) is 19.4 Å². The number of hydrogen-bond donors (Lipinski definition) is 4. The monoisotopic (exact) mass is 446 g/mol. The number of hydroxylamine groups is 1. The van der Waals surface area contributed by atoms with Gasteiger partial charge >= 0.3 is 6.09 Å². The zero-order valence-electron chi connectivity index (χ0n) is 17.2. The number of carbonyl (C=O) groups is 2. The summed E-state index contributed by atoms with van der Waals surface area (Å²) in [6.45, 7) is 1.91. The minimum Gasteiger partial charge on any atom is -0.505 e. The highest BCUT2D eigenvalue weighted by molar-refractivity contribution is 5.86. The molecule has 1 aliphatic heterocycles. The summed E-state index contributed by atoms with van der Waals surface area (Å²) in [5.41, 5.74) is 2.29. The number of hydrogen-bond acceptors (Lipinski definition) is 7. The smallest absolute Gasteiger partial charge is 0.412 e. The number of aromatic hydroxyl groups is 1. The van der Waals surface area contributed by atoms with E-state index in [1.807, 2.05) is 6.92 Å². The SMILES string of the molecule is C[C@H](CC/C=C/C(=O)NO)[C@H](OC(=O)Nc1ccc2c(c1)OCO2)c1ccc(O)c(F)c1. The fourth-order valence-corrected chi connectivity index (χ4v) is 3.19.